The molecule has 3 heteroatoms. The van der Waals surface area contributed by atoms with Crippen LogP contribution in [0.2, 0.25) is 0 Å². The average molecular weight is 275 g/mol. The second-order valence-electron chi connectivity index (χ2n) is 4.88. The number of benzene rings is 1. The van der Waals surface area contributed by atoms with Gasteiger partial charge in [-0.3, -0.25) is 0 Å². The third-order valence-electron chi connectivity index (χ3n) is 3.32. The maximum Gasteiger partial charge on any atom is 0.122 e. The van der Waals surface area contributed by atoms with Crippen molar-refractivity contribution >= 4 is 11.3 Å². The summed E-state index contributed by atoms with van der Waals surface area (Å²) >= 11 is 1.77. The van der Waals surface area contributed by atoms with Crippen molar-refractivity contribution in [2.24, 2.45) is 0 Å². The van der Waals surface area contributed by atoms with Crippen LogP contribution in [0.3, 0.4) is 0 Å². The summed E-state index contributed by atoms with van der Waals surface area (Å²) in [6.45, 7) is 5.32. The molecule has 0 radical (unpaired) electrons. The molecular formula is C16H21NOS. The summed E-state index contributed by atoms with van der Waals surface area (Å²) in [6.07, 6.45) is 0.979. The van der Waals surface area contributed by atoms with Gasteiger partial charge in [-0.2, -0.15) is 11.3 Å². The minimum Gasteiger partial charge on any atom is -0.496 e. The Morgan fingerprint density at radius 3 is 2.68 bits per heavy atom. The molecule has 1 aromatic carbocycles. The highest BCUT2D eigenvalue weighted by molar-refractivity contribution is 7.08. The molecule has 0 saturated heterocycles. The van der Waals surface area contributed by atoms with Crippen molar-refractivity contribution in [3.63, 3.8) is 0 Å². The molecule has 1 aromatic heterocycles. The lowest BCUT2D eigenvalue weighted by Gasteiger charge is -2.15. The molecule has 2 nitrogen and oxygen atoms in total. The second kappa shape index (κ2) is 6.73. The van der Waals surface area contributed by atoms with Crippen molar-refractivity contribution in [3.8, 4) is 5.75 Å². The topological polar surface area (TPSA) is 21.3 Å². The Bertz CT molecular complexity index is 521. The number of rotatable bonds is 6. The van der Waals surface area contributed by atoms with E-state index in [1.54, 1.807) is 18.4 Å². The number of hydrogen-bond donors (Lipinski definition) is 1. The van der Waals surface area contributed by atoms with Gasteiger partial charge >= 0.3 is 0 Å². The van der Waals surface area contributed by atoms with E-state index in [1.807, 2.05) is 12.1 Å². The summed E-state index contributed by atoms with van der Waals surface area (Å²) in [5, 5.41) is 7.99. The molecule has 0 spiro atoms. The molecule has 0 fully saturated rings. The largest absolute Gasteiger partial charge is 0.496 e. The lowest BCUT2D eigenvalue weighted by Crippen LogP contribution is -2.27. The number of para-hydroxylation sites is 1. The Kier molecular flexibility index (Phi) is 5.00. The van der Waals surface area contributed by atoms with Gasteiger partial charge in [0.05, 0.1) is 7.11 Å². The molecule has 19 heavy (non-hydrogen) atoms. The number of ether oxygens (including phenoxy) is 1. The molecule has 2 aromatic rings. The maximum atomic E-state index is 5.39. The minimum absolute atomic E-state index is 0.426. The van der Waals surface area contributed by atoms with Crippen molar-refractivity contribution in [1.82, 2.24) is 5.32 Å². The average Bonchev–Trinajstić information content (AvgIpc) is 2.82. The normalized spacial score (nSPS) is 12.4. The van der Waals surface area contributed by atoms with Gasteiger partial charge in [0.1, 0.15) is 5.75 Å². The molecule has 0 aliphatic rings. The van der Waals surface area contributed by atoms with Gasteiger partial charge in [-0.25, -0.2) is 0 Å². The minimum atomic E-state index is 0.426. The van der Waals surface area contributed by atoms with Crippen LogP contribution in [0.4, 0.5) is 0 Å². The molecule has 2 rings (SSSR count). The van der Waals surface area contributed by atoms with E-state index in [0.717, 1.165) is 18.7 Å². The number of hydrogen-bond acceptors (Lipinski definition) is 3. The van der Waals surface area contributed by atoms with Gasteiger partial charge in [-0.15, -0.1) is 0 Å². The van der Waals surface area contributed by atoms with E-state index in [1.165, 1.54) is 16.7 Å². The lowest BCUT2D eigenvalue weighted by molar-refractivity contribution is 0.406. The van der Waals surface area contributed by atoms with Crippen LogP contribution in [0.25, 0.3) is 0 Å². The van der Waals surface area contributed by atoms with E-state index in [0.29, 0.717) is 6.04 Å². The zero-order valence-electron chi connectivity index (χ0n) is 11.8. The molecule has 1 heterocycles. The Balaban J connectivity index is 1.90. The maximum absolute atomic E-state index is 5.39. The monoisotopic (exact) mass is 275 g/mol. The van der Waals surface area contributed by atoms with Crippen molar-refractivity contribution < 1.29 is 4.74 Å². The smallest absolute Gasteiger partial charge is 0.122 e. The molecule has 0 aliphatic carbocycles. The van der Waals surface area contributed by atoms with E-state index in [2.05, 4.69) is 42.1 Å². The zero-order chi connectivity index (χ0) is 13.7. The summed E-state index contributed by atoms with van der Waals surface area (Å²) in [5.74, 6) is 0.975. The molecule has 102 valence electrons. The van der Waals surface area contributed by atoms with Crippen molar-refractivity contribution in [3.05, 3.63) is 51.7 Å². The summed E-state index contributed by atoms with van der Waals surface area (Å²) in [6, 6.07) is 8.65. The van der Waals surface area contributed by atoms with Gasteiger partial charge in [-0.1, -0.05) is 18.2 Å². The van der Waals surface area contributed by atoms with Crippen LogP contribution in [-0.2, 0) is 13.0 Å². The molecule has 1 atom stereocenters. The summed E-state index contributed by atoms with van der Waals surface area (Å²) in [7, 11) is 1.73. The fourth-order valence-electron chi connectivity index (χ4n) is 2.13. The van der Waals surface area contributed by atoms with E-state index in [-0.39, 0.29) is 0 Å². The third kappa shape index (κ3) is 3.82. The first kappa shape index (κ1) is 14.1. The molecule has 0 saturated carbocycles. The van der Waals surface area contributed by atoms with Crippen LogP contribution >= 0.6 is 11.3 Å². The number of thiophene rings is 1. The molecule has 1 N–H and O–H groups in total. The highest BCUT2D eigenvalue weighted by Crippen LogP contribution is 2.19. The van der Waals surface area contributed by atoms with E-state index in [4.69, 9.17) is 4.74 Å². The molecule has 0 bridgehead atoms. The molecular weight excluding hydrogens is 254 g/mol. The fourth-order valence-corrected chi connectivity index (χ4v) is 2.98. The Morgan fingerprint density at radius 1 is 1.21 bits per heavy atom. The predicted molar refractivity (Wildman–Crippen MR) is 82.1 cm³/mol. The quantitative estimate of drug-likeness (QED) is 0.866. The van der Waals surface area contributed by atoms with E-state index >= 15 is 0 Å². The van der Waals surface area contributed by atoms with Gasteiger partial charge in [0.25, 0.3) is 0 Å². The van der Waals surface area contributed by atoms with E-state index < -0.39 is 0 Å². The van der Waals surface area contributed by atoms with Crippen LogP contribution in [0.15, 0.2) is 35.0 Å². The first-order valence-electron chi connectivity index (χ1n) is 6.57. The van der Waals surface area contributed by atoms with Crippen LogP contribution in [0, 0.1) is 6.92 Å². The Hall–Kier alpha value is -1.32. The summed E-state index contributed by atoms with van der Waals surface area (Å²) in [4.78, 5) is 0. The molecule has 1 unspecified atom stereocenters. The van der Waals surface area contributed by atoms with Crippen LogP contribution in [0.5, 0.6) is 5.75 Å². The first-order chi connectivity index (χ1) is 9.20. The summed E-state index contributed by atoms with van der Waals surface area (Å²) in [5.41, 5.74) is 4.03. The molecule has 0 amide bonds. The van der Waals surface area contributed by atoms with Crippen LogP contribution in [-0.4, -0.2) is 13.2 Å². The Morgan fingerprint density at radius 2 is 2.00 bits per heavy atom. The van der Waals surface area contributed by atoms with Gasteiger partial charge in [0.15, 0.2) is 0 Å². The van der Waals surface area contributed by atoms with Gasteiger partial charge in [0, 0.05) is 12.6 Å². The van der Waals surface area contributed by atoms with Gasteiger partial charge in [0.2, 0.25) is 0 Å². The van der Waals surface area contributed by atoms with Crippen LogP contribution < -0.4 is 10.1 Å². The third-order valence-corrected chi connectivity index (χ3v) is 4.23. The van der Waals surface area contributed by atoms with E-state index in [9.17, 15) is 0 Å². The lowest BCUT2D eigenvalue weighted by atomic mass is 10.1. The highest BCUT2D eigenvalue weighted by atomic mass is 32.1. The molecule has 0 aliphatic heterocycles. The number of methoxy groups -OCH3 is 1. The number of nitrogens with one attached hydrogen (secondary N) is 1. The first-order valence-corrected chi connectivity index (χ1v) is 7.52. The SMILES string of the molecule is COc1ccccc1CC(C)NCc1cscc1C. The standard InChI is InChI=1S/C16H21NOS/c1-12-10-19-11-15(12)9-17-13(2)8-14-6-4-5-7-16(14)18-3/h4-7,10-11,13,17H,8-9H2,1-3H3. The second-order valence-corrected chi connectivity index (χ2v) is 5.62. The van der Waals surface area contributed by atoms with Gasteiger partial charge < -0.3 is 10.1 Å². The summed E-state index contributed by atoms with van der Waals surface area (Å²) < 4.78 is 5.39. The van der Waals surface area contributed by atoms with Crippen molar-refractivity contribution in [2.45, 2.75) is 32.9 Å². The van der Waals surface area contributed by atoms with Crippen molar-refractivity contribution in [1.29, 1.82) is 0 Å². The highest BCUT2D eigenvalue weighted by Gasteiger charge is 2.08. The zero-order valence-corrected chi connectivity index (χ0v) is 12.6. The number of aryl methyl sites for hydroxylation is 1. The van der Waals surface area contributed by atoms with Crippen molar-refractivity contribution in [2.75, 3.05) is 7.11 Å². The predicted octanol–water partition coefficient (Wildman–Crippen LogP) is 3.79. The fraction of sp³-hybridized carbons (Fsp3) is 0.375. The Labute approximate surface area is 119 Å². The van der Waals surface area contributed by atoms with Crippen LogP contribution in [0.1, 0.15) is 23.6 Å². The van der Waals surface area contributed by atoms with Gasteiger partial charge in [-0.05, 0) is 53.8 Å².